The van der Waals surface area contributed by atoms with E-state index in [1.807, 2.05) is 27.1 Å². The Morgan fingerprint density at radius 3 is 2.62 bits per heavy atom. The van der Waals surface area contributed by atoms with Gasteiger partial charge in [0.05, 0.1) is 22.2 Å². The molecule has 5 nitrogen and oxygen atoms in total. The highest BCUT2D eigenvalue weighted by Crippen LogP contribution is 2.40. The van der Waals surface area contributed by atoms with Crippen LogP contribution in [0.4, 0.5) is 0 Å². The van der Waals surface area contributed by atoms with Crippen molar-refractivity contribution in [1.82, 2.24) is 9.47 Å². The second kappa shape index (κ2) is 8.01. The molecule has 0 atom stereocenters. The maximum atomic E-state index is 12.8. The van der Waals surface area contributed by atoms with Crippen LogP contribution in [-0.2, 0) is 11.3 Å². The molecule has 1 aromatic carbocycles. The van der Waals surface area contributed by atoms with Crippen LogP contribution in [0.25, 0.3) is 10.9 Å². The summed E-state index contributed by atoms with van der Waals surface area (Å²) in [7, 11) is 4.01. The Labute approximate surface area is 163 Å². The van der Waals surface area contributed by atoms with Gasteiger partial charge in [-0.3, -0.25) is 0 Å². The van der Waals surface area contributed by atoms with Gasteiger partial charge >= 0.3 is 5.97 Å². The normalized spacial score (nSPS) is 15.7. The molecule has 1 aliphatic carbocycles. The number of rotatable bonds is 5. The van der Waals surface area contributed by atoms with Gasteiger partial charge in [0.25, 0.3) is 0 Å². The molecule has 1 fully saturated rings. The van der Waals surface area contributed by atoms with E-state index in [0.717, 1.165) is 29.4 Å². The van der Waals surface area contributed by atoms with E-state index in [1.165, 1.54) is 19.3 Å². The fourth-order valence-corrected chi connectivity index (χ4v) is 4.35. The average Bonchev–Trinajstić information content (AvgIpc) is 2.88. The van der Waals surface area contributed by atoms with E-state index in [2.05, 4.69) is 25.4 Å². The lowest BCUT2D eigenvalue weighted by Gasteiger charge is -2.27. The summed E-state index contributed by atoms with van der Waals surface area (Å²) in [6, 6.07) is 3.99. The van der Waals surface area contributed by atoms with E-state index in [4.69, 9.17) is 4.74 Å². The summed E-state index contributed by atoms with van der Waals surface area (Å²) < 4.78 is 8.33. The SMILES string of the molecule is CCOC(=O)c1c(CN(C)C)n(C2CCCCC2)c2cc(Br)c(O)cc12. The molecule has 26 heavy (non-hydrogen) atoms. The first-order chi connectivity index (χ1) is 12.4. The van der Waals surface area contributed by atoms with Crippen LogP contribution in [0.5, 0.6) is 5.75 Å². The highest BCUT2D eigenvalue weighted by atomic mass is 79.9. The third kappa shape index (κ3) is 3.62. The van der Waals surface area contributed by atoms with E-state index >= 15 is 0 Å². The van der Waals surface area contributed by atoms with Crippen molar-refractivity contribution in [2.75, 3.05) is 20.7 Å². The van der Waals surface area contributed by atoms with Gasteiger partial charge in [-0.1, -0.05) is 19.3 Å². The van der Waals surface area contributed by atoms with Crippen molar-refractivity contribution in [2.45, 2.75) is 51.6 Å². The number of esters is 1. The minimum absolute atomic E-state index is 0.139. The first-order valence-electron chi connectivity index (χ1n) is 9.31. The zero-order valence-electron chi connectivity index (χ0n) is 15.7. The number of benzene rings is 1. The van der Waals surface area contributed by atoms with Gasteiger partial charge in [-0.05, 0) is 61.9 Å². The molecule has 0 spiro atoms. The molecule has 1 saturated carbocycles. The first-order valence-corrected chi connectivity index (χ1v) is 10.1. The number of fused-ring (bicyclic) bond motifs is 1. The molecule has 1 aliphatic rings. The summed E-state index contributed by atoms with van der Waals surface area (Å²) in [4.78, 5) is 14.9. The Hall–Kier alpha value is -1.53. The monoisotopic (exact) mass is 422 g/mol. The molecule has 1 heterocycles. The third-order valence-corrected chi connectivity index (χ3v) is 5.69. The molecule has 1 N–H and O–H groups in total. The number of aromatic hydroxyl groups is 1. The number of ether oxygens (including phenoxy) is 1. The maximum absolute atomic E-state index is 12.8. The second-order valence-electron chi connectivity index (χ2n) is 7.26. The van der Waals surface area contributed by atoms with Crippen LogP contribution < -0.4 is 0 Å². The summed E-state index contributed by atoms with van der Waals surface area (Å²) in [5.74, 6) is -0.175. The molecule has 0 radical (unpaired) electrons. The molecule has 142 valence electrons. The highest BCUT2D eigenvalue weighted by molar-refractivity contribution is 9.10. The number of nitrogens with zero attached hydrogens (tertiary/aromatic N) is 2. The van der Waals surface area contributed by atoms with Crippen LogP contribution in [0, 0.1) is 0 Å². The van der Waals surface area contributed by atoms with Gasteiger partial charge in [-0.2, -0.15) is 0 Å². The highest BCUT2D eigenvalue weighted by Gasteiger charge is 2.29. The van der Waals surface area contributed by atoms with Crippen molar-refractivity contribution in [2.24, 2.45) is 0 Å². The lowest BCUT2D eigenvalue weighted by atomic mass is 9.95. The van der Waals surface area contributed by atoms with Gasteiger partial charge in [0.15, 0.2) is 0 Å². The van der Waals surface area contributed by atoms with E-state index in [0.29, 0.717) is 29.2 Å². The number of halogens is 1. The summed E-state index contributed by atoms with van der Waals surface area (Å²) >= 11 is 3.44. The molecule has 0 aliphatic heterocycles. The van der Waals surface area contributed by atoms with E-state index in [-0.39, 0.29) is 11.7 Å². The fourth-order valence-electron chi connectivity index (χ4n) is 4.01. The van der Waals surface area contributed by atoms with Crippen molar-refractivity contribution in [3.63, 3.8) is 0 Å². The largest absolute Gasteiger partial charge is 0.507 e. The van der Waals surface area contributed by atoms with Gasteiger partial charge in [-0.15, -0.1) is 0 Å². The first kappa shape index (κ1) is 19.2. The van der Waals surface area contributed by atoms with Crippen LogP contribution in [0.2, 0.25) is 0 Å². The summed E-state index contributed by atoms with van der Waals surface area (Å²) in [5.41, 5.74) is 2.55. The Morgan fingerprint density at radius 2 is 2.00 bits per heavy atom. The lowest BCUT2D eigenvalue weighted by molar-refractivity contribution is 0.0526. The molecule has 3 rings (SSSR count). The lowest BCUT2D eigenvalue weighted by Crippen LogP contribution is -2.21. The van der Waals surface area contributed by atoms with Crippen LogP contribution in [0.1, 0.15) is 61.1 Å². The fraction of sp³-hybridized carbons (Fsp3) is 0.550. The zero-order chi connectivity index (χ0) is 18.8. The quantitative estimate of drug-likeness (QED) is 0.699. The molecule has 0 unspecified atom stereocenters. The smallest absolute Gasteiger partial charge is 0.340 e. The summed E-state index contributed by atoms with van der Waals surface area (Å²) in [5, 5.41) is 11.0. The number of carbonyl (C=O) groups is 1. The molecule has 6 heteroatoms. The zero-order valence-corrected chi connectivity index (χ0v) is 17.3. The summed E-state index contributed by atoms with van der Waals surface area (Å²) in [6.45, 7) is 2.80. The van der Waals surface area contributed by atoms with Crippen molar-refractivity contribution >= 4 is 32.8 Å². The topological polar surface area (TPSA) is 54.7 Å². The maximum Gasteiger partial charge on any atom is 0.340 e. The number of hydrogen-bond donors (Lipinski definition) is 1. The van der Waals surface area contributed by atoms with Crippen molar-refractivity contribution in [3.8, 4) is 5.75 Å². The Kier molecular flexibility index (Phi) is 5.92. The third-order valence-electron chi connectivity index (χ3n) is 5.06. The van der Waals surface area contributed by atoms with E-state index in [1.54, 1.807) is 6.07 Å². The van der Waals surface area contributed by atoms with E-state index < -0.39 is 0 Å². The Morgan fingerprint density at radius 1 is 1.31 bits per heavy atom. The average molecular weight is 423 g/mol. The van der Waals surface area contributed by atoms with Crippen molar-refractivity contribution in [3.05, 3.63) is 27.9 Å². The van der Waals surface area contributed by atoms with Gasteiger partial charge < -0.3 is 19.3 Å². The standard InChI is InChI=1S/C20H27BrN2O3/c1-4-26-20(25)19-14-10-18(24)15(21)11-16(14)23(17(19)12-22(2)3)13-8-6-5-7-9-13/h10-11,13,24H,4-9,12H2,1-3H3. The van der Waals surface area contributed by atoms with Crippen LogP contribution in [0.3, 0.4) is 0 Å². The number of carbonyl (C=O) groups excluding carboxylic acids is 1. The number of hydrogen-bond acceptors (Lipinski definition) is 4. The minimum Gasteiger partial charge on any atom is -0.507 e. The van der Waals surface area contributed by atoms with Crippen LogP contribution in [-0.4, -0.2) is 41.2 Å². The Balaban J connectivity index is 2.30. The van der Waals surface area contributed by atoms with Gasteiger partial charge in [0.1, 0.15) is 5.75 Å². The Bertz CT molecular complexity index is 807. The van der Waals surface area contributed by atoms with Crippen molar-refractivity contribution in [1.29, 1.82) is 0 Å². The molecule has 0 bridgehead atoms. The van der Waals surface area contributed by atoms with Crippen LogP contribution >= 0.6 is 15.9 Å². The van der Waals surface area contributed by atoms with Gasteiger partial charge in [0.2, 0.25) is 0 Å². The predicted molar refractivity (Wildman–Crippen MR) is 107 cm³/mol. The molecular formula is C20H27BrN2O3. The minimum atomic E-state index is -0.314. The number of aromatic nitrogens is 1. The second-order valence-corrected chi connectivity index (χ2v) is 8.12. The van der Waals surface area contributed by atoms with Crippen LogP contribution in [0.15, 0.2) is 16.6 Å². The number of phenols is 1. The molecule has 0 amide bonds. The molecule has 2 aromatic rings. The van der Waals surface area contributed by atoms with Gasteiger partial charge in [-0.25, -0.2) is 4.79 Å². The molecular weight excluding hydrogens is 396 g/mol. The van der Waals surface area contributed by atoms with Gasteiger partial charge in [0, 0.05) is 23.7 Å². The molecule has 1 aromatic heterocycles. The van der Waals surface area contributed by atoms with E-state index in [9.17, 15) is 9.90 Å². The number of phenolic OH excluding ortho intramolecular Hbond substituents is 1. The molecule has 0 saturated heterocycles. The predicted octanol–water partition coefficient (Wildman–Crippen LogP) is 4.85. The van der Waals surface area contributed by atoms with Crippen molar-refractivity contribution < 1.29 is 14.6 Å². The summed E-state index contributed by atoms with van der Waals surface area (Å²) in [6.07, 6.45) is 5.92.